The van der Waals surface area contributed by atoms with Crippen LogP contribution in [0.15, 0.2) is 53.6 Å². The summed E-state index contributed by atoms with van der Waals surface area (Å²) in [5, 5.41) is 0. The SMILES string of the molecule is CC(c1ccccn1)N(C)S(=O)(=O)c1cccc(OC(F)(F)F)c1. The van der Waals surface area contributed by atoms with E-state index in [0.29, 0.717) is 5.69 Å². The van der Waals surface area contributed by atoms with Crippen LogP contribution in [-0.4, -0.2) is 31.1 Å². The first kappa shape index (κ1) is 18.2. The Labute approximate surface area is 137 Å². The Kier molecular flexibility index (Phi) is 5.14. The summed E-state index contributed by atoms with van der Waals surface area (Å²) >= 11 is 0. The zero-order chi connectivity index (χ0) is 18.0. The van der Waals surface area contributed by atoms with Crippen molar-refractivity contribution in [3.63, 3.8) is 0 Å². The third-order valence-corrected chi connectivity index (χ3v) is 5.30. The summed E-state index contributed by atoms with van der Waals surface area (Å²) in [6.07, 6.45) is -3.36. The van der Waals surface area contributed by atoms with Crippen molar-refractivity contribution < 1.29 is 26.3 Å². The van der Waals surface area contributed by atoms with E-state index in [-0.39, 0.29) is 4.90 Å². The van der Waals surface area contributed by atoms with Gasteiger partial charge in [-0.25, -0.2) is 8.42 Å². The average Bonchev–Trinajstić information content (AvgIpc) is 2.53. The largest absolute Gasteiger partial charge is 0.573 e. The molecule has 0 fully saturated rings. The van der Waals surface area contributed by atoms with Gasteiger partial charge in [0.1, 0.15) is 5.75 Å². The van der Waals surface area contributed by atoms with Crippen molar-refractivity contribution in [3.05, 3.63) is 54.4 Å². The number of rotatable bonds is 5. The summed E-state index contributed by atoms with van der Waals surface area (Å²) in [6, 6.07) is 8.76. The maximum Gasteiger partial charge on any atom is 0.573 e. The molecule has 0 aliphatic rings. The minimum absolute atomic E-state index is 0.297. The fourth-order valence-corrected chi connectivity index (χ4v) is 3.39. The van der Waals surface area contributed by atoms with Gasteiger partial charge in [-0.3, -0.25) is 4.98 Å². The lowest BCUT2D eigenvalue weighted by molar-refractivity contribution is -0.274. The molecule has 0 bridgehead atoms. The van der Waals surface area contributed by atoms with Gasteiger partial charge < -0.3 is 4.74 Å². The van der Waals surface area contributed by atoms with Gasteiger partial charge in [0, 0.05) is 19.3 Å². The average molecular weight is 360 g/mol. The van der Waals surface area contributed by atoms with Gasteiger partial charge in [0.05, 0.1) is 16.6 Å². The van der Waals surface area contributed by atoms with Gasteiger partial charge in [-0.15, -0.1) is 13.2 Å². The Balaban J connectivity index is 2.31. The second-order valence-electron chi connectivity index (χ2n) is 4.97. The molecule has 0 saturated carbocycles. The molecule has 1 unspecified atom stereocenters. The number of aromatic nitrogens is 1. The second kappa shape index (κ2) is 6.78. The zero-order valence-electron chi connectivity index (χ0n) is 12.9. The van der Waals surface area contributed by atoms with Crippen molar-refractivity contribution >= 4 is 10.0 Å². The molecule has 1 aromatic carbocycles. The van der Waals surface area contributed by atoms with E-state index in [0.717, 1.165) is 16.4 Å². The molecular weight excluding hydrogens is 345 g/mol. The monoisotopic (exact) mass is 360 g/mol. The lowest BCUT2D eigenvalue weighted by Gasteiger charge is -2.24. The van der Waals surface area contributed by atoms with Crippen LogP contribution >= 0.6 is 0 Å². The number of nitrogens with zero attached hydrogens (tertiary/aromatic N) is 2. The molecule has 0 N–H and O–H groups in total. The highest BCUT2D eigenvalue weighted by Crippen LogP contribution is 2.28. The predicted octanol–water partition coefficient (Wildman–Crippen LogP) is 3.36. The van der Waals surface area contributed by atoms with E-state index in [1.54, 1.807) is 25.1 Å². The van der Waals surface area contributed by atoms with E-state index in [1.165, 1.54) is 25.4 Å². The van der Waals surface area contributed by atoms with E-state index in [2.05, 4.69) is 9.72 Å². The second-order valence-corrected chi connectivity index (χ2v) is 6.97. The zero-order valence-corrected chi connectivity index (χ0v) is 13.7. The topological polar surface area (TPSA) is 59.5 Å². The normalized spacial score (nSPS) is 13.8. The van der Waals surface area contributed by atoms with Crippen molar-refractivity contribution in [2.24, 2.45) is 0 Å². The quantitative estimate of drug-likeness (QED) is 0.820. The van der Waals surface area contributed by atoms with Crippen LogP contribution in [0.4, 0.5) is 13.2 Å². The number of alkyl halides is 3. The van der Waals surface area contributed by atoms with Crippen molar-refractivity contribution in [2.75, 3.05) is 7.05 Å². The van der Waals surface area contributed by atoms with E-state index in [4.69, 9.17) is 0 Å². The van der Waals surface area contributed by atoms with E-state index in [1.807, 2.05) is 0 Å². The number of sulfonamides is 1. The third-order valence-electron chi connectivity index (χ3n) is 3.38. The highest BCUT2D eigenvalue weighted by molar-refractivity contribution is 7.89. The molecule has 0 radical (unpaired) electrons. The minimum Gasteiger partial charge on any atom is -0.406 e. The van der Waals surface area contributed by atoms with Crippen LogP contribution in [0.25, 0.3) is 0 Å². The standard InChI is InChI=1S/C15H15F3N2O3S/c1-11(14-8-3-4-9-19-14)20(2)24(21,22)13-7-5-6-12(10-13)23-15(16,17)18/h3-11H,1-2H3. The molecule has 0 aliphatic heterocycles. The van der Waals surface area contributed by atoms with Crippen LogP contribution in [0.2, 0.25) is 0 Å². The van der Waals surface area contributed by atoms with Gasteiger partial charge in [0.15, 0.2) is 0 Å². The predicted molar refractivity (Wildman–Crippen MR) is 80.7 cm³/mol. The maximum absolute atomic E-state index is 12.6. The number of halogens is 3. The summed E-state index contributed by atoms with van der Waals surface area (Å²) in [7, 11) is -2.68. The Morgan fingerprint density at radius 1 is 1.17 bits per heavy atom. The molecule has 9 heteroatoms. The Morgan fingerprint density at radius 2 is 1.88 bits per heavy atom. The number of hydrogen-bond acceptors (Lipinski definition) is 4. The molecule has 24 heavy (non-hydrogen) atoms. The summed E-state index contributed by atoms with van der Waals surface area (Å²) in [5.74, 6) is -0.595. The summed E-state index contributed by atoms with van der Waals surface area (Å²) in [4.78, 5) is 3.80. The first-order chi connectivity index (χ1) is 11.1. The first-order valence-electron chi connectivity index (χ1n) is 6.86. The molecule has 2 rings (SSSR count). The van der Waals surface area contributed by atoms with Gasteiger partial charge in [0.2, 0.25) is 10.0 Å². The lowest BCUT2D eigenvalue weighted by atomic mass is 10.2. The summed E-state index contributed by atoms with van der Waals surface area (Å²) in [6.45, 7) is 1.63. The molecular formula is C15H15F3N2O3S. The molecule has 0 saturated heterocycles. The fraction of sp³-hybridized carbons (Fsp3) is 0.267. The van der Waals surface area contributed by atoms with Crippen LogP contribution in [0.5, 0.6) is 5.75 Å². The van der Waals surface area contributed by atoms with Crippen molar-refractivity contribution in [3.8, 4) is 5.75 Å². The van der Waals surface area contributed by atoms with Gasteiger partial charge in [0.25, 0.3) is 0 Å². The number of pyridine rings is 1. The van der Waals surface area contributed by atoms with Crippen LogP contribution in [0.3, 0.4) is 0 Å². The number of ether oxygens (including phenoxy) is 1. The van der Waals surface area contributed by atoms with Crippen LogP contribution in [0, 0.1) is 0 Å². The molecule has 130 valence electrons. The molecule has 0 amide bonds. The Morgan fingerprint density at radius 3 is 2.46 bits per heavy atom. The minimum atomic E-state index is -4.89. The van der Waals surface area contributed by atoms with Crippen molar-refractivity contribution in [2.45, 2.75) is 24.2 Å². The highest BCUT2D eigenvalue weighted by atomic mass is 32.2. The smallest absolute Gasteiger partial charge is 0.406 e. The van der Waals surface area contributed by atoms with Crippen LogP contribution < -0.4 is 4.74 Å². The highest BCUT2D eigenvalue weighted by Gasteiger charge is 2.32. The Hall–Kier alpha value is -2.13. The number of hydrogen-bond donors (Lipinski definition) is 0. The van der Waals surface area contributed by atoms with Gasteiger partial charge in [-0.1, -0.05) is 12.1 Å². The number of benzene rings is 1. The van der Waals surface area contributed by atoms with E-state index in [9.17, 15) is 21.6 Å². The molecule has 1 aromatic heterocycles. The third kappa shape index (κ3) is 4.24. The van der Waals surface area contributed by atoms with Crippen LogP contribution in [0.1, 0.15) is 18.7 Å². The lowest BCUT2D eigenvalue weighted by Crippen LogP contribution is -2.30. The first-order valence-corrected chi connectivity index (χ1v) is 8.30. The fourth-order valence-electron chi connectivity index (χ4n) is 2.02. The van der Waals surface area contributed by atoms with E-state index < -0.39 is 28.2 Å². The summed E-state index contributed by atoms with van der Waals surface area (Å²) < 4.78 is 66.9. The van der Waals surface area contributed by atoms with Gasteiger partial charge >= 0.3 is 6.36 Å². The van der Waals surface area contributed by atoms with Gasteiger partial charge in [-0.2, -0.15) is 4.31 Å². The molecule has 1 atom stereocenters. The summed E-state index contributed by atoms with van der Waals surface area (Å²) in [5.41, 5.74) is 0.520. The molecule has 0 aliphatic carbocycles. The van der Waals surface area contributed by atoms with Gasteiger partial charge in [-0.05, 0) is 31.2 Å². The maximum atomic E-state index is 12.6. The molecule has 1 heterocycles. The molecule has 2 aromatic rings. The Bertz CT molecular complexity index is 795. The molecule has 5 nitrogen and oxygen atoms in total. The van der Waals surface area contributed by atoms with Crippen LogP contribution in [-0.2, 0) is 10.0 Å². The molecule has 0 spiro atoms. The van der Waals surface area contributed by atoms with E-state index >= 15 is 0 Å². The van der Waals surface area contributed by atoms with Crippen molar-refractivity contribution in [1.82, 2.24) is 9.29 Å². The van der Waals surface area contributed by atoms with Crippen molar-refractivity contribution in [1.29, 1.82) is 0 Å².